The summed E-state index contributed by atoms with van der Waals surface area (Å²) in [6.45, 7) is 2.54. The lowest BCUT2D eigenvalue weighted by molar-refractivity contribution is -0.122. The molecule has 0 fully saturated rings. The number of nitrogens with one attached hydrogen (secondary N) is 1. The Morgan fingerprint density at radius 2 is 2.28 bits per heavy atom. The number of hydrogen-bond acceptors (Lipinski definition) is 4. The van der Waals surface area contributed by atoms with Crippen molar-refractivity contribution in [2.75, 3.05) is 5.73 Å². The van der Waals surface area contributed by atoms with Crippen LogP contribution in [-0.4, -0.2) is 25.5 Å². The smallest absolute Gasteiger partial charge is 0.242 e. The Morgan fingerprint density at radius 1 is 1.50 bits per heavy atom. The number of nitrogens with two attached hydrogens (primary N) is 1. The molecule has 0 aromatic carbocycles. The lowest BCUT2D eigenvalue weighted by Gasteiger charge is -2.04. The van der Waals surface area contributed by atoms with Crippen LogP contribution in [0, 0.1) is 6.92 Å². The molecule has 2 heterocycles. The van der Waals surface area contributed by atoms with E-state index in [1.807, 2.05) is 20.2 Å². The van der Waals surface area contributed by atoms with E-state index in [2.05, 4.69) is 15.5 Å². The van der Waals surface area contributed by atoms with Gasteiger partial charge in [0.05, 0.1) is 5.69 Å². The monoisotopic (exact) mass is 248 g/mol. The molecule has 2 rings (SSSR count). The van der Waals surface area contributed by atoms with Crippen molar-refractivity contribution in [1.29, 1.82) is 0 Å². The van der Waals surface area contributed by atoms with E-state index in [1.165, 1.54) is 4.68 Å². The molecule has 7 heteroatoms. The predicted molar refractivity (Wildman–Crippen MR) is 66.4 cm³/mol. The molecule has 1 amide bonds. The summed E-state index contributed by atoms with van der Waals surface area (Å²) < 4.78 is 3.23. The van der Waals surface area contributed by atoms with Crippen LogP contribution in [0.5, 0.6) is 0 Å². The Hall–Kier alpha value is -2.31. The van der Waals surface area contributed by atoms with E-state index >= 15 is 0 Å². The minimum Gasteiger partial charge on any atom is -0.382 e. The van der Waals surface area contributed by atoms with Gasteiger partial charge < -0.3 is 11.1 Å². The largest absolute Gasteiger partial charge is 0.382 e. The molecule has 0 aliphatic rings. The summed E-state index contributed by atoms with van der Waals surface area (Å²) in [6, 6.07) is 1.65. The summed E-state index contributed by atoms with van der Waals surface area (Å²) >= 11 is 0. The van der Waals surface area contributed by atoms with Gasteiger partial charge in [0.25, 0.3) is 0 Å². The van der Waals surface area contributed by atoms with Gasteiger partial charge in [-0.3, -0.25) is 14.2 Å². The third kappa shape index (κ3) is 2.88. The van der Waals surface area contributed by atoms with Crippen molar-refractivity contribution >= 4 is 11.7 Å². The number of aryl methyl sites for hydroxylation is 2. The van der Waals surface area contributed by atoms with Gasteiger partial charge in [-0.15, -0.1) is 0 Å². The topological polar surface area (TPSA) is 90.8 Å². The molecule has 0 atom stereocenters. The van der Waals surface area contributed by atoms with Crippen molar-refractivity contribution in [1.82, 2.24) is 24.9 Å². The lowest BCUT2D eigenvalue weighted by atomic mass is 10.2. The van der Waals surface area contributed by atoms with Crippen molar-refractivity contribution in [3.8, 4) is 0 Å². The van der Waals surface area contributed by atoms with Crippen LogP contribution in [0.25, 0.3) is 0 Å². The van der Waals surface area contributed by atoms with Crippen molar-refractivity contribution in [3.05, 3.63) is 29.7 Å². The van der Waals surface area contributed by atoms with Gasteiger partial charge in [-0.05, 0) is 13.0 Å². The van der Waals surface area contributed by atoms with Crippen molar-refractivity contribution in [2.24, 2.45) is 7.05 Å². The Balaban J connectivity index is 1.87. The van der Waals surface area contributed by atoms with Gasteiger partial charge in [-0.2, -0.15) is 10.2 Å². The van der Waals surface area contributed by atoms with Crippen molar-refractivity contribution in [3.63, 3.8) is 0 Å². The number of carbonyl (C=O) groups excluding carboxylic acids is 1. The summed E-state index contributed by atoms with van der Waals surface area (Å²) in [5, 5.41) is 11.0. The van der Waals surface area contributed by atoms with Gasteiger partial charge in [0, 0.05) is 31.5 Å². The molecule has 7 nitrogen and oxygen atoms in total. The van der Waals surface area contributed by atoms with Gasteiger partial charge in [-0.1, -0.05) is 0 Å². The standard InChI is InChI=1S/C11H16N6O/c1-8-9(6-16(2)14-8)5-13-11(18)7-17-4-3-10(12)15-17/h3-4,6H,5,7H2,1-2H3,(H2,12,15)(H,13,18). The van der Waals surface area contributed by atoms with E-state index in [-0.39, 0.29) is 12.5 Å². The molecule has 3 N–H and O–H groups in total. The molecular formula is C11H16N6O. The number of anilines is 1. The van der Waals surface area contributed by atoms with E-state index in [4.69, 9.17) is 5.73 Å². The summed E-state index contributed by atoms with van der Waals surface area (Å²) in [7, 11) is 1.85. The van der Waals surface area contributed by atoms with Crippen LogP contribution in [0.15, 0.2) is 18.5 Å². The van der Waals surface area contributed by atoms with Crippen LogP contribution in [0.2, 0.25) is 0 Å². The highest BCUT2D eigenvalue weighted by molar-refractivity contribution is 5.75. The second-order valence-electron chi connectivity index (χ2n) is 4.13. The highest BCUT2D eigenvalue weighted by Crippen LogP contribution is 2.03. The number of amides is 1. The minimum absolute atomic E-state index is 0.110. The fourth-order valence-electron chi connectivity index (χ4n) is 1.68. The van der Waals surface area contributed by atoms with Crippen LogP contribution >= 0.6 is 0 Å². The Kier molecular flexibility index (Phi) is 3.31. The summed E-state index contributed by atoms with van der Waals surface area (Å²) in [4.78, 5) is 11.7. The summed E-state index contributed by atoms with van der Waals surface area (Å²) in [6.07, 6.45) is 3.56. The number of aromatic nitrogens is 4. The quantitative estimate of drug-likeness (QED) is 0.785. The summed E-state index contributed by atoms with van der Waals surface area (Å²) in [5.74, 6) is 0.298. The third-order valence-corrected chi connectivity index (χ3v) is 2.56. The van der Waals surface area contributed by atoms with E-state index in [9.17, 15) is 4.79 Å². The fraction of sp³-hybridized carbons (Fsp3) is 0.364. The van der Waals surface area contributed by atoms with E-state index in [0.717, 1.165) is 11.3 Å². The predicted octanol–water partition coefficient (Wildman–Crippen LogP) is -0.176. The molecule has 18 heavy (non-hydrogen) atoms. The van der Waals surface area contributed by atoms with Gasteiger partial charge >= 0.3 is 0 Å². The zero-order valence-electron chi connectivity index (χ0n) is 10.4. The highest BCUT2D eigenvalue weighted by Gasteiger charge is 2.07. The Bertz CT molecular complexity index is 556. The van der Waals surface area contributed by atoms with Gasteiger partial charge in [-0.25, -0.2) is 0 Å². The first kappa shape index (κ1) is 12.2. The molecule has 0 aliphatic heterocycles. The zero-order valence-corrected chi connectivity index (χ0v) is 10.4. The van der Waals surface area contributed by atoms with Crippen LogP contribution in [-0.2, 0) is 24.9 Å². The van der Waals surface area contributed by atoms with Crippen LogP contribution < -0.4 is 11.1 Å². The molecule has 0 saturated heterocycles. The number of nitrogens with zero attached hydrogens (tertiary/aromatic N) is 4. The maximum Gasteiger partial charge on any atom is 0.242 e. The molecule has 0 radical (unpaired) electrons. The Morgan fingerprint density at radius 3 is 2.83 bits per heavy atom. The number of hydrogen-bond donors (Lipinski definition) is 2. The number of rotatable bonds is 4. The molecular weight excluding hydrogens is 232 g/mol. The average Bonchev–Trinajstić information content (AvgIpc) is 2.82. The molecule has 2 aromatic heterocycles. The SMILES string of the molecule is Cc1nn(C)cc1CNC(=O)Cn1ccc(N)n1. The van der Waals surface area contributed by atoms with Gasteiger partial charge in [0.15, 0.2) is 0 Å². The van der Waals surface area contributed by atoms with Crippen LogP contribution in [0.4, 0.5) is 5.82 Å². The molecule has 0 unspecified atom stereocenters. The average molecular weight is 248 g/mol. The van der Waals surface area contributed by atoms with Crippen LogP contribution in [0.3, 0.4) is 0 Å². The third-order valence-electron chi connectivity index (χ3n) is 2.56. The van der Waals surface area contributed by atoms with Crippen molar-refractivity contribution in [2.45, 2.75) is 20.0 Å². The first-order valence-electron chi connectivity index (χ1n) is 5.59. The van der Waals surface area contributed by atoms with Gasteiger partial charge in [0.2, 0.25) is 5.91 Å². The van der Waals surface area contributed by atoms with E-state index in [0.29, 0.717) is 12.4 Å². The van der Waals surface area contributed by atoms with Crippen LogP contribution in [0.1, 0.15) is 11.3 Å². The molecule has 0 aliphatic carbocycles. The molecule has 96 valence electrons. The fourth-order valence-corrected chi connectivity index (χ4v) is 1.68. The van der Waals surface area contributed by atoms with Crippen molar-refractivity contribution < 1.29 is 4.79 Å². The van der Waals surface area contributed by atoms with Gasteiger partial charge in [0.1, 0.15) is 12.4 Å². The normalized spacial score (nSPS) is 10.6. The number of nitrogen functional groups attached to an aromatic ring is 1. The zero-order chi connectivity index (χ0) is 13.1. The molecule has 0 bridgehead atoms. The second-order valence-corrected chi connectivity index (χ2v) is 4.13. The number of carbonyl (C=O) groups is 1. The minimum atomic E-state index is -0.110. The maximum absolute atomic E-state index is 11.7. The Labute approximate surface area is 105 Å². The lowest BCUT2D eigenvalue weighted by Crippen LogP contribution is -2.27. The summed E-state index contributed by atoms with van der Waals surface area (Å²) in [5.41, 5.74) is 7.39. The first-order chi connectivity index (χ1) is 8.54. The highest BCUT2D eigenvalue weighted by atomic mass is 16.2. The van der Waals surface area contributed by atoms with E-state index in [1.54, 1.807) is 16.9 Å². The maximum atomic E-state index is 11.7. The molecule has 0 spiro atoms. The van der Waals surface area contributed by atoms with E-state index < -0.39 is 0 Å². The first-order valence-corrected chi connectivity index (χ1v) is 5.59. The second kappa shape index (κ2) is 4.91. The molecule has 0 saturated carbocycles. The molecule has 2 aromatic rings.